The minimum absolute atomic E-state index is 0. The predicted molar refractivity (Wildman–Crippen MR) is 277 cm³/mol. The second-order valence-electron chi connectivity index (χ2n) is 17.7. The van der Waals surface area contributed by atoms with Crippen LogP contribution >= 0.6 is 0 Å². The number of hydrogen-bond donors (Lipinski definition) is 0. The molecule has 0 aromatic heterocycles. The van der Waals surface area contributed by atoms with Gasteiger partial charge in [-0.25, -0.2) is 0 Å². The van der Waals surface area contributed by atoms with Crippen molar-refractivity contribution in [3.8, 4) is 0 Å². The van der Waals surface area contributed by atoms with Gasteiger partial charge in [-0.05, 0) is 160 Å². The summed E-state index contributed by atoms with van der Waals surface area (Å²) in [4.78, 5) is 21.6. The number of hydrogen-bond acceptors (Lipinski definition) is 9. The van der Waals surface area contributed by atoms with Gasteiger partial charge in [-0.1, -0.05) is 140 Å². The summed E-state index contributed by atoms with van der Waals surface area (Å²) in [6.07, 6.45) is 3.42. The topological polar surface area (TPSA) is 71.5 Å². The monoisotopic (exact) mass is 883 g/mol. The zero-order chi connectivity index (χ0) is 46.8. The third kappa shape index (κ3) is 30.8. The van der Waals surface area contributed by atoms with Gasteiger partial charge in [-0.3, -0.25) is 0 Å². The molecule has 0 heterocycles. The van der Waals surface area contributed by atoms with Gasteiger partial charge in [0.15, 0.2) is 0 Å². The van der Waals surface area contributed by atoms with Gasteiger partial charge >= 0.3 is 17.4 Å². The normalized spacial score (nSPS) is 15.0. The van der Waals surface area contributed by atoms with Crippen LogP contribution in [0.4, 0.5) is 0 Å². The zero-order valence-electron chi connectivity index (χ0n) is 45.4. The van der Waals surface area contributed by atoms with Crippen molar-refractivity contribution < 1.29 is 0 Å². The van der Waals surface area contributed by atoms with E-state index in [1.54, 1.807) is 0 Å². The molecule has 0 saturated heterocycles. The van der Waals surface area contributed by atoms with E-state index in [2.05, 4.69) is 190 Å². The molecule has 3 atom stereocenters. The van der Waals surface area contributed by atoms with Gasteiger partial charge in [-0.2, -0.15) is 0 Å². The van der Waals surface area contributed by atoms with E-state index in [4.69, 9.17) is 16.0 Å². The third-order valence-corrected chi connectivity index (χ3v) is 12.2. The Balaban J connectivity index is -0.000000396. The van der Waals surface area contributed by atoms with Crippen LogP contribution < -0.4 is 0 Å². The molecule has 366 valence electrons. The second kappa shape index (κ2) is 40.3. The maximum atomic E-state index is 5.06. The van der Waals surface area contributed by atoms with E-state index in [0.29, 0.717) is 0 Å². The summed E-state index contributed by atoms with van der Waals surface area (Å²) in [5, 5.41) is 15.2. The standard InChI is InChI=1S/3C16H37N4.Al/c3*1-8-19(9-2)15-16(5,20(10-3)11-4)17-13-12-14-18(6)7;/h3*8-15H2,1-7H3;/q3*-1;+3. The van der Waals surface area contributed by atoms with Crippen LogP contribution in [-0.2, 0) is 0 Å². The Morgan fingerprint density at radius 3 is 0.623 bits per heavy atom. The van der Waals surface area contributed by atoms with Crippen LogP contribution in [0.15, 0.2) is 0 Å². The summed E-state index contributed by atoms with van der Waals surface area (Å²) in [6, 6.07) is 0. The molecule has 0 aliphatic carbocycles. The van der Waals surface area contributed by atoms with Crippen LogP contribution in [0.5, 0.6) is 0 Å². The van der Waals surface area contributed by atoms with Crippen LogP contribution in [-0.4, -0.2) is 258 Å². The summed E-state index contributed by atoms with van der Waals surface area (Å²) in [6.45, 7) is 56.0. The minimum Gasteiger partial charge on any atom is -0.643 e. The Bertz CT molecular complexity index is 795. The molecule has 0 fully saturated rings. The first kappa shape index (κ1) is 67.6. The van der Waals surface area contributed by atoms with E-state index in [1.165, 1.54) is 0 Å². The third-order valence-electron chi connectivity index (χ3n) is 12.2. The fourth-order valence-corrected chi connectivity index (χ4v) is 8.20. The Kier molecular flexibility index (Phi) is 44.7. The van der Waals surface area contributed by atoms with Crippen molar-refractivity contribution in [3.05, 3.63) is 16.0 Å². The van der Waals surface area contributed by atoms with Gasteiger partial charge in [-0.15, -0.1) is 19.6 Å². The quantitative estimate of drug-likeness (QED) is 0.0465. The Labute approximate surface area is 395 Å². The van der Waals surface area contributed by atoms with Crippen LogP contribution in [0.2, 0.25) is 0 Å². The van der Waals surface area contributed by atoms with E-state index >= 15 is 0 Å². The summed E-state index contributed by atoms with van der Waals surface area (Å²) in [5.41, 5.74) is -0.161. The van der Waals surface area contributed by atoms with Crippen molar-refractivity contribution in [1.29, 1.82) is 0 Å². The smallest absolute Gasteiger partial charge is 0.643 e. The van der Waals surface area contributed by atoms with Crippen LogP contribution in [0.25, 0.3) is 16.0 Å². The first-order valence-corrected chi connectivity index (χ1v) is 24.7. The average molecular weight is 883 g/mol. The Morgan fingerprint density at radius 1 is 0.311 bits per heavy atom. The van der Waals surface area contributed by atoms with E-state index in [-0.39, 0.29) is 34.3 Å². The van der Waals surface area contributed by atoms with Crippen molar-refractivity contribution in [3.63, 3.8) is 0 Å². The van der Waals surface area contributed by atoms with Crippen molar-refractivity contribution in [2.45, 2.75) is 140 Å². The molecule has 0 saturated carbocycles. The van der Waals surface area contributed by atoms with Crippen LogP contribution in [0, 0.1) is 0 Å². The molecule has 0 rings (SSSR count). The molecular weight excluding hydrogens is 772 g/mol. The summed E-state index contributed by atoms with van der Waals surface area (Å²) >= 11 is 0. The molecule has 0 spiro atoms. The molecule has 0 bridgehead atoms. The first-order valence-electron chi connectivity index (χ1n) is 24.7. The largest absolute Gasteiger partial charge is 3.00 e. The molecule has 0 aliphatic heterocycles. The van der Waals surface area contributed by atoms with E-state index in [9.17, 15) is 0 Å². The van der Waals surface area contributed by atoms with Gasteiger partial charge in [0.1, 0.15) is 0 Å². The van der Waals surface area contributed by atoms with Crippen molar-refractivity contribution >= 4 is 17.4 Å². The van der Waals surface area contributed by atoms with Crippen molar-refractivity contribution in [2.24, 2.45) is 0 Å². The number of likely N-dealkylation sites (N-methyl/N-ethyl adjacent to an activating group) is 6. The van der Waals surface area contributed by atoms with Gasteiger partial charge in [0.2, 0.25) is 0 Å². The molecule has 13 heteroatoms. The molecule has 0 N–H and O–H groups in total. The zero-order valence-corrected chi connectivity index (χ0v) is 46.6. The van der Waals surface area contributed by atoms with Crippen LogP contribution in [0.1, 0.15) is 123 Å². The minimum atomic E-state index is -0.0537. The molecule has 61 heavy (non-hydrogen) atoms. The molecule has 0 aliphatic rings. The fraction of sp³-hybridized carbons (Fsp3) is 1.00. The molecule has 0 aromatic carbocycles. The summed E-state index contributed by atoms with van der Waals surface area (Å²) < 4.78 is 0. The second-order valence-corrected chi connectivity index (χ2v) is 17.7. The molecule has 0 aromatic rings. The Morgan fingerprint density at radius 2 is 0.492 bits per heavy atom. The summed E-state index contributed by atoms with van der Waals surface area (Å²) in [5.74, 6) is 0. The van der Waals surface area contributed by atoms with Gasteiger partial charge < -0.3 is 60.0 Å². The molecule has 0 amide bonds. The molecular formula is C48H111AlN12. The number of rotatable bonds is 36. The summed E-state index contributed by atoms with van der Waals surface area (Å²) in [7, 11) is 12.7. The Hall–Kier alpha value is 0.0525. The average Bonchev–Trinajstić information content (AvgIpc) is 3.21. The first-order chi connectivity index (χ1) is 28.3. The number of nitrogens with zero attached hydrogens (tertiary/aromatic N) is 12. The van der Waals surface area contributed by atoms with Crippen LogP contribution in [0.3, 0.4) is 0 Å². The molecule has 12 nitrogen and oxygen atoms in total. The molecule has 3 unspecified atom stereocenters. The van der Waals surface area contributed by atoms with Crippen molar-refractivity contribution in [1.82, 2.24) is 44.1 Å². The van der Waals surface area contributed by atoms with Gasteiger partial charge in [0.25, 0.3) is 0 Å². The van der Waals surface area contributed by atoms with E-state index in [0.717, 1.165) is 157 Å². The van der Waals surface area contributed by atoms with Crippen molar-refractivity contribution in [2.75, 3.05) is 180 Å². The maximum absolute atomic E-state index is 5.06. The SMILES string of the molecule is CCN(CC)CC(C)([N-]CCCN(C)C)N(CC)CC.CCN(CC)CC(C)([N-]CCCN(C)C)N(CC)CC.CCN(CC)CC(C)([N-]CCCN(C)C)N(CC)CC.[Al+3]. The van der Waals surface area contributed by atoms with Gasteiger partial charge in [0, 0.05) is 0 Å². The predicted octanol–water partition coefficient (Wildman–Crippen LogP) is 7.75. The van der Waals surface area contributed by atoms with Gasteiger partial charge in [0.05, 0.1) is 0 Å². The van der Waals surface area contributed by atoms with E-state index < -0.39 is 0 Å². The molecule has 0 radical (unpaired) electrons. The fourth-order valence-electron chi connectivity index (χ4n) is 8.20. The van der Waals surface area contributed by atoms with E-state index in [1.807, 2.05) is 0 Å². The maximum Gasteiger partial charge on any atom is 3.00 e.